The molecule has 7 rings (SSSR count). The van der Waals surface area contributed by atoms with E-state index in [1.54, 1.807) is 36.4 Å². The summed E-state index contributed by atoms with van der Waals surface area (Å²) in [6.07, 6.45) is 3.07. The van der Waals surface area contributed by atoms with Crippen molar-refractivity contribution in [3.8, 4) is 11.3 Å². The summed E-state index contributed by atoms with van der Waals surface area (Å²) in [5, 5.41) is 0.621. The van der Waals surface area contributed by atoms with Crippen LogP contribution in [0.2, 0.25) is 0 Å². The molecule has 2 saturated carbocycles. The van der Waals surface area contributed by atoms with Crippen molar-refractivity contribution >= 4 is 40.2 Å². The van der Waals surface area contributed by atoms with Crippen LogP contribution in [0.25, 0.3) is 22.2 Å². The Bertz CT molecular complexity index is 1770. The van der Waals surface area contributed by atoms with E-state index >= 15 is 0 Å². The fourth-order valence-corrected chi connectivity index (χ4v) is 7.14. The third-order valence-electron chi connectivity index (χ3n) is 9.45. The van der Waals surface area contributed by atoms with Gasteiger partial charge in [0.05, 0.1) is 34.3 Å². The van der Waals surface area contributed by atoms with Crippen LogP contribution < -0.4 is 4.90 Å². The van der Waals surface area contributed by atoms with E-state index in [0.717, 1.165) is 36.0 Å². The Hall–Kier alpha value is -4.65. The molecule has 3 fully saturated rings. The number of para-hydroxylation sites is 1. The van der Waals surface area contributed by atoms with Gasteiger partial charge in [-0.25, -0.2) is 9.78 Å². The normalized spacial score (nSPS) is 22.6. The molecule has 7 heteroatoms. The fraction of sp³-hybridized carbons (Fsp3) is 0.286. The molecule has 0 N–H and O–H groups in total. The first-order chi connectivity index (χ1) is 20.3. The molecule has 7 nitrogen and oxygen atoms in total. The summed E-state index contributed by atoms with van der Waals surface area (Å²) in [5.41, 5.74) is 5.33. The molecule has 3 aromatic carbocycles. The maximum Gasteiger partial charge on any atom is 0.339 e. The molecular formula is C35H30N2O5. The molecule has 2 amide bonds. The van der Waals surface area contributed by atoms with Crippen molar-refractivity contribution in [3.63, 3.8) is 0 Å². The van der Waals surface area contributed by atoms with Gasteiger partial charge in [-0.1, -0.05) is 42.5 Å². The number of carbonyl (C=O) groups excluding carboxylic acids is 4. The number of nitrogens with zero attached hydrogens (tertiary/aromatic N) is 2. The van der Waals surface area contributed by atoms with Crippen LogP contribution in [-0.4, -0.2) is 35.2 Å². The van der Waals surface area contributed by atoms with E-state index < -0.39 is 5.97 Å². The van der Waals surface area contributed by atoms with Crippen molar-refractivity contribution < 1.29 is 23.9 Å². The Morgan fingerprint density at radius 1 is 0.857 bits per heavy atom. The largest absolute Gasteiger partial charge is 0.454 e. The number of hydrogen-bond donors (Lipinski definition) is 0. The second-order valence-electron chi connectivity index (χ2n) is 11.8. The number of aromatic nitrogens is 1. The molecule has 4 aromatic rings. The standard InChI is InChI=1S/C35H30N2O5/c1-19-7-8-22(15-20(19)2)30(38)18-42-35(41)27-17-29(36-28-6-4-3-5-26(27)28)21-11-13-25(14-12-21)37-33(39)31-23-9-10-24(16-23)32(31)34(37)40/h3-8,11-15,17,23-24,31-32H,9-10,16,18H2,1-2H3/t23-,24+,31-,32+. The summed E-state index contributed by atoms with van der Waals surface area (Å²) < 4.78 is 5.48. The highest BCUT2D eigenvalue weighted by molar-refractivity contribution is 6.22. The molecule has 0 spiro atoms. The highest BCUT2D eigenvalue weighted by atomic mass is 16.5. The maximum absolute atomic E-state index is 13.3. The van der Waals surface area contributed by atoms with Crippen LogP contribution in [0.1, 0.15) is 51.1 Å². The van der Waals surface area contributed by atoms with Gasteiger partial charge in [-0.05, 0) is 86.4 Å². The molecule has 1 aliphatic heterocycles. The Labute approximate surface area is 243 Å². The lowest BCUT2D eigenvalue weighted by atomic mass is 9.81. The Kier molecular flexibility index (Phi) is 6.26. The van der Waals surface area contributed by atoms with E-state index in [1.807, 2.05) is 50.2 Å². The number of aryl methyl sites for hydroxylation is 2. The Balaban J connectivity index is 1.14. The van der Waals surface area contributed by atoms with E-state index in [0.29, 0.717) is 45.2 Å². The van der Waals surface area contributed by atoms with E-state index in [4.69, 9.17) is 9.72 Å². The number of Topliss-reactive ketones (excluding diaryl/α,β-unsaturated/α-hetero) is 1. The SMILES string of the molecule is Cc1ccc(C(=O)COC(=O)c2cc(-c3ccc(N4C(=O)[C@@H]5[C@@H]6CC[C@@H](C6)[C@@H]5C4=O)cc3)nc3ccccc23)cc1C. The van der Waals surface area contributed by atoms with Gasteiger partial charge >= 0.3 is 5.97 Å². The molecular weight excluding hydrogens is 528 g/mol. The number of hydrogen-bond acceptors (Lipinski definition) is 6. The first kappa shape index (κ1) is 26.3. The van der Waals surface area contributed by atoms with Crippen LogP contribution >= 0.6 is 0 Å². The smallest absolute Gasteiger partial charge is 0.339 e. The van der Waals surface area contributed by atoms with Gasteiger partial charge in [-0.15, -0.1) is 0 Å². The predicted octanol–water partition coefficient (Wildman–Crippen LogP) is 6.09. The van der Waals surface area contributed by atoms with Gasteiger partial charge in [0, 0.05) is 16.5 Å². The summed E-state index contributed by atoms with van der Waals surface area (Å²) in [4.78, 5) is 58.7. The lowest BCUT2D eigenvalue weighted by Gasteiger charge is -2.19. The summed E-state index contributed by atoms with van der Waals surface area (Å²) in [6.45, 7) is 3.54. The third-order valence-corrected chi connectivity index (χ3v) is 9.45. The number of pyridine rings is 1. The van der Waals surface area contributed by atoms with Gasteiger partial charge in [0.2, 0.25) is 11.8 Å². The molecule has 42 heavy (non-hydrogen) atoms. The minimum Gasteiger partial charge on any atom is -0.454 e. The number of rotatable bonds is 6. The van der Waals surface area contributed by atoms with E-state index in [-0.39, 0.29) is 36.0 Å². The number of anilines is 1. The second kappa shape index (κ2) is 10.0. The zero-order valence-corrected chi connectivity index (χ0v) is 23.5. The Morgan fingerprint density at radius 3 is 2.24 bits per heavy atom. The molecule has 4 atom stereocenters. The highest BCUT2D eigenvalue weighted by Gasteiger charge is 2.61. The quantitative estimate of drug-likeness (QED) is 0.161. The highest BCUT2D eigenvalue weighted by Crippen LogP contribution is 2.56. The summed E-state index contributed by atoms with van der Waals surface area (Å²) >= 11 is 0. The van der Waals surface area contributed by atoms with Crippen molar-refractivity contribution in [2.45, 2.75) is 33.1 Å². The van der Waals surface area contributed by atoms with Crippen LogP contribution in [0.15, 0.2) is 72.8 Å². The molecule has 2 bridgehead atoms. The molecule has 2 aliphatic carbocycles. The predicted molar refractivity (Wildman–Crippen MR) is 158 cm³/mol. The van der Waals surface area contributed by atoms with Gasteiger partial charge in [-0.2, -0.15) is 0 Å². The summed E-state index contributed by atoms with van der Waals surface area (Å²) in [5.74, 6) is -0.721. The molecule has 0 unspecified atom stereocenters. The van der Waals surface area contributed by atoms with Gasteiger partial charge in [0.1, 0.15) is 0 Å². The topological polar surface area (TPSA) is 93.6 Å². The van der Waals surface area contributed by atoms with Crippen LogP contribution in [0, 0.1) is 37.5 Å². The maximum atomic E-state index is 13.3. The molecule has 3 aliphatic rings. The minimum absolute atomic E-state index is 0.0749. The average molecular weight is 559 g/mol. The molecule has 1 saturated heterocycles. The zero-order valence-electron chi connectivity index (χ0n) is 23.5. The Morgan fingerprint density at radius 2 is 1.55 bits per heavy atom. The van der Waals surface area contributed by atoms with E-state index in [9.17, 15) is 19.2 Å². The lowest BCUT2D eigenvalue weighted by molar-refractivity contribution is -0.123. The van der Waals surface area contributed by atoms with Gasteiger partial charge in [-0.3, -0.25) is 19.3 Å². The van der Waals surface area contributed by atoms with Crippen molar-refractivity contribution in [1.82, 2.24) is 4.98 Å². The van der Waals surface area contributed by atoms with Crippen molar-refractivity contribution in [3.05, 3.63) is 95.1 Å². The number of imide groups is 1. The number of amides is 2. The number of fused-ring (bicyclic) bond motifs is 6. The molecule has 1 aromatic heterocycles. The lowest BCUT2D eigenvalue weighted by Crippen LogP contribution is -2.32. The van der Waals surface area contributed by atoms with Crippen LogP contribution in [-0.2, 0) is 14.3 Å². The van der Waals surface area contributed by atoms with Gasteiger partial charge in [0.15, 0.2) is 12.4 Å². The average Bonchev–Trinajstić information content (AvgIpc) is 3.70. The molecule has 210 valence electrons. The number of carbonyl (C=O) groups is 4. The summed E-state index contributed by atoms with van der Waals surface area (Å²) in [6, 6.07) is 21.5. The van der Waals surface area contributed by atoms with Crippen LogP contribution in [0.4, 0.5) is 5.69 Å². The van der Waals surface area contributed by atoms with Crippen molar-refractivity contribution in [2.24, 2.45) is 23.7 Å². The number of ether oxygens (including phenoxy) is 1. The van der Waals surface area contributed by atoms with Crippen molar-refractivity contribution in [1.29, 1.82) is 0 Å². The number of ketones is 1. The van der Waals surface area contributed by atoms with Gasteiger partial charge < -0.3 is 4.74 Å². The van der Waals surface area contributed by atoms with E-state index in [1.165, 1.54) is 4.90 Å². The van der Waals surface area contributed by atoms with Crippen LogP contribution in [0.5, 0.6) is 0 Å². The van der Waals surface area contributed by atoms with Gasteiger partial charge in [0.25, 0.3) is 0 Å². The molecule has 0 radical (unpaired) electrons. The summed E-state index contributed by atoms with van der Waals surface area (Å²) in [7, 11) is 0. The number of benzene rings is 3. The third kappa shape index (κ3) is 4.23. The monoisotopic (exact) mass is 558 g/mol. The van der Waals surface area contributed by atoms with E-state index in [2.05, 4.69) is 0 Å². The second-order valence-corrected chi connectivity index (χ2v) is 11.8. The minimum atomic E-state index is -0.613. The van der Waals surface area contributed by atoms with Crippen LogP contribution in [0.3, 0.4) is 0 Å². The van der Waals surface area contributed by atoms with Crippen molar-refractivity contribution in [2.75, 3.05) is 11.5 Å². The number of esters is 1. The zero-order chi connectivity index (χ0) is 29.1. The fourth-order valence-electron chi connectivity index (χ4n) is 7.14. The molecule has 2 heterocycles. The first-order valence-electron chi connectivity index (χ1n) is 14.5. The first-order valence-corrected chi connectivity index (χ1v) is 14.5.